The van der Waals surface area contributed by atoms with Crippen LogP contribution in [0.5, 0.6) is 0 Å². The first-order valence-electron chi connectivity index (χ1n) is 7.71. The van der Waals surface area contributed by atoms with Crippen LogP contribution in [0.4, 0.5) is 0 Å². The summed E-state index contributed by atoms with van der Waals surface area (Å²) in [5.41, 5.74) is 0.0140. The van der Waals surface area contributed by atoms with E-state index in [9.17, 15) is 4.79 Å². The molecule has 2 unspecified atom stereocenters. The molecule has 1 amide bonds. The molecule has 110 valence electrons. The molecule has 0 spiro atoms. The Labute approximate surface area is 117 Å². The lowest BCUT2D eigenvalue weighted by Crippen LogP contribution is -2.59. The lowest BCUT2D eigenvalue weighted by molar-refractivity contribution is -0.145. The van der Waals surface area contributed by atoms with Crippen LogP contribution in [0.1, 0.15) is 39.0 Å². The van der Waals surface area contributed by atoms with Gasteiger partial charge in [-0.05, 0) is 59.7 Å². The second kappa shape index (κ2) is 6.23. The molecule has 0 aromatic carbocycles. The van der Waals surface area contributed by atoms with Crippen molar-refractivity contribution < 1.29 is 4.79 Å². The Balaban J connectivity index is 2.06. The quantitative estimate of drug-likeness (QED) is 0.838. The van der Waals surface area contributed by atoms with Gasteiger partial charge < -0.3 is 15.1 Å². The molecule has 0 radical (unpaired) electrons. The van der Waals surface area contributed by atoms with E-state index in [1.54, 1.807) is 0 Å². The molecule has 19 heavy (non-hydrogen) atoms. The van der Waals surface area contributed by atoms with Gasteiger partial charge in [-0.1, -0.05) is 0 Å². The fraction of sp³-hybridized carbons (Fsp3) is 0.933. The number of nitrogens with zero attached hydrogens (tertiary/aromatic N) is 2. The van der Waals surface area contributed by atoms with E-state index in [-0.39, 0.29) is 11.5 Å². The highest BCUT2D eigenvalue weighted by Crippen LogP contribution is 2.30. The highest BCUT2D eigenvalue weighted by molar-refractivity contribution is 5.80. The summed E-state index contributed by atoms with van der Waals surface area (Å²) < 4.78 is 0. The Hall–Kier alpha value is -0.610. The van der Waals surface area contributed by atoms with Crippen LogP contribution in [-0.2, 0) is 4.79 Å². The van der Waals surface area contributed by atoms with Crippen LogP contribution in [0.3, 0.4) is 0 Å². The van der Waals surface area contributed by atoms with Crippen molar-refractivity contribution in [3.8, 4) is 0 Å². The maximum Gasteiger partial charge on any atom is 0.227 e. The third-order valence-electron chi connectivity index (χ3n) is 4.80. The minimum atomic E-state index is 0.0140. The molecular weight excluding hydrogens is 238 g/mol. The van der Waals surface area contributed by atoms with Crippen LogP contribution in [0, 0.1) is 5.92 Å². The Kier molecular flexibility index (Phi) is 4.85. The number of hydrogen-bond donors (Lipinski definition) is 1. The number of rotatable bonds is 3. The zero-order valence-electron chi connectivity index (χ0n) is 12.7. The lowest BCUT2D eigenvalue weighted by atomic mass is 9.85. The first-order chi connectivity index (χ1) is 9.07. The summed E-state index contributed by atoms with van der Waals surface area (Å²) in [5.74, 6) is 0.608. The van der Waals surface area contributed by atoms with Crippen LogP contribution < -0.4 is 5.32 Å². The van der Waals surface area contributed by atoms with Gasteiger partial charge in [0.05, 0.1) is 11.5 Å². The number of nitrogens with one attached hydrogen (secondary N) is 1. The molecule has 1 N–H and O–H groups in total. The van der Waals surface area contributed by atoms with Gasteiger partial charge in [-0.25, -0.2) is 0 Å². The van der Waals surface area contributed by atoms with E-state index in [4.69, 9.17) is 0 Å². The third kappa shape index (κ3) is 3.29. The summed E-state index contributed by atoms with van der Waals surface area (Å²) in [5, 5.41) is 3.27. The number of carbonyl (C=O) groups excluding carboxylic acids is 1. The van der Waals surface area contributed by atoms with E-state index in [0.717, 1.165) is 51.9 Å². The first-order valence-corrected chi connectivity index (χ1v) is 7.71. The average molecular weight is 267 g/mol. The number of hydrogen-bond acceptors (Lipinski definition) is 3. The van der Waals surface area contributed by atoms with Gasteiger partial charge in [0.15, 0.2) is 0 Å². The van der Waals surface area contributed by atoms with E-state index in [1.807, 2.05) is 7.05 Å². The highest BCUT2D eigenvalue weighted by atomic mass is 16.2. The van der Waals surface area contributed by atoms with Gasteiger partial charge in [0.25, 0.3) is 0 Å². The van der Waals surface area contributed by atoms with Crippen LogP contribution in [0.2, 0.25) is 0 Å². The summed E-state index contributed by atoms with van der Waals surface area (Å²) in [6, 6.07) is 0. The standard InChI is InChI=1S/C15H29N3O/c1-15(12-16-2)8-4-5-10-18(15)14(19)13-7-6-9-17(3)11-13/h13,16H,4-12H2,1-3H3. The normalized spacial score (nSPS) is 33.4. The van der Waals surface area contributed by atoms with Gasteiger partial charge in [0.1, 0.15) is 0 Å². The van der Waals surface area contributed by atoms with Crippen LogP contribution in [0.15, 0.2) is 0 Å². The summed E-state index contributed by atoms with van der Waals surface area (Å²) in [4.78, 5) is 17.3. The minimum Gasteiger partial charge on any atom is -0.336 e. The molecule has 2 saturated heterocycles. The Morgan fingerprint density at radius 1 is 1.32 bits per heavy atom. The Morgan fingerprint density at radius 3 is 2.79 bits per heavy atom. The number of likely N-dealkylation sites (N-methyl/N-ethyl adjacent to an activating group) is 1. The van der Waals surface area contributed by atoms with Crippen molar-refractivity contribution in [3.05, 3.63) is 0 Å². The Morgan fingerprint density at radius 2 is 2.11 bits per heavy atom. The molecule has 4 heteroatoms. The van der Waals surface area contributed by atoms with Crippen molar-refractivity contribution in [1.82, 2.24) is 15.1 Å². The van der Waals surface area contributed by atoms with E-state index >= 15 is 0 Å². The molecule has 2 atom stereocenters. The topological polar surface area (TPSA) is 35.6 Å². The molecule has 0 aliphatic carbocycles. The summed E-state index contributed by atoms with van der Waals surface area (Å²) in [7, 11) is 4.11. The second-order valence-electron chi connectivity index (χ2n) is 6.58. The molecule has 0 bridgehead atoms. The van der Waals surface area contributed by atoms with Gasteiger partial charge in [-0.3, -0.25) is 4.79 Å². The van der Waals surface area contributed by atoms with Crippen molar-refractivity contribution in [2.45, 2.75) is 44.6 Å². The monoisotopic (exact) mass is 267 g/mol. The van der Waals surface area contributed by atoms with E-state index in [0.29, 0.717) is 5.91 Å². The molecule has 0 aromatic heterocycles. The minimum absolute atomic E-state index is 0.0140. The van der Waals surface area contributed by atoms with Crippen LogP contribution in [0.25, 0.3) is 0 Å². The number of carbonyl (C=O) groups is 1. The number of piperidine rings is 2. The van der Waals surface area contributed by atoms with Gasteiger partial charge in [0.2, 0.25) is 5.91 Å². The fourth-order valence-corrected chi connectivity index (χ4v) is 3.71. The Bertz CT molecular complexity index is 317. The van der Waals surface area contributed by atoms with Gasteiger partial charge in [-0.2, -0.15) is 0 Å². The summed E-state index contributed by atoms with van der Waals surface area (Å²) >= 11 is 0. The smallest absolute Gasteiger partial charge is 0.227 e. The molecule has 2 rings (SSSR count). The summed E-state index contributed by atoms with van der Waals surface area (Å²) in [6.45, 7) is 6.16. The molecule has 2 fully saturated rings. The lowest BCUT2D eigenvalue weighted by Gasteiger charge is -2.47. The van der Waals surface area contributed by atoms with E-state index < -0.39 is 0 Å². The van der Waals surface area contributed by atoms with Crippen molar-refractivity contribution in [3.63, 3.8) is 0 Å². The number of amides is 1. The molecule has 4 nitrogen and oxygen atoms in total. The van der Waals surface area contributed by atoms with Crippen LogP contribution >= 0.6 is 0 Å². The largest absolute Gasteiger partial charge is 0.336 e. The SMILES string of the molecule is CNCC1(C)CCCCN1C(=O)C1CCCN(C)C1. The average Bonchev–Trinajstić information content (AvgIpc) is 2.38. The van der Waals surface area contributed by atoms with Crippen molar-refractivity contribution >= 4 is 5.91 Å². The van der Waals surface area contributed by atoms with Crippen LogP contribution in [-0.4, -0.2) is 61.5 Å². The molecule has 2 aliphatic heterocycles. The highest BCUT2D eigenvalue weighted by Gasteiger charge is 2.39. The predicted molar refractivity (Wildman–Crippen MR) is 78.1 cm³/mol. The zero-order valence-corrected chi connectivity index (χ0v) is 12.7. The van der Waals surface area contributed by atoms with E-state index in [1.165, 1.54) is 6.42 Å². The van der Waals surface area contributed by atoms with Crippen molar-refractivity contribution in [2.75, 3.05) is 40.3 Å². The zero-order chi connectivity index (χ0) is 13.9. The summed E-state index contributed by atoms with van der Waals surface area (Å²) in [6.07, 6.45) is 5.75. The molecule has 0 aromatic rings. The first kappa shape index (κ1) is 14.8. The third-order valence-corrected chi connectivity index (χ3v) is 4.80. The molecular formula is C15H29N3O. The molecule has 2 aliphatic rings. The van der Waals surface area contributed by atoms with Gasteiger partial charge >= 0.3 is 0 Å². The van der Waals surface area contributed by atoms with Gasteiger partial charge in [0, 0.05) is 19.6 Å². The van der Waals surface area contributed by atoms with Gasteiger partial charge in [-0.15, -0.1) is 0 Å². The molecule has 2 heterocycles. The number of likely N-dealkylation sites (tertiary alicyclic amines) is 2. The van der Waals surface area contributed by atoms with Crippen molar-refractivity contribution in [1.29, 1.82) is 0 Å². The maximum atomic E-state index is 12.9. The molecule has 0 saturated carbocycles. The fourth-order valence-electron chi connectivity index (χ4n) is 3.71. The van der Waals surface area contributed by atoms with E-state index in [2.05, 4.69) is 29.1 Å². The predicted octanol–water partition coefficient (Wildman–Crippen LogP) is 1.32. The maximum absolute atomic E-state index is 12.9. The second-order valence-corrected chi connectivity index (χ2v) is 6.58. The van der Waals surface area contributed by atoms with Crippen molar-refractivity contribution in [2.24, 2.45) is 5.92 Å².